The topological polar surface area (TPSA) is 58.9 Å². The maximum atomic E-state index is 15.4. The largest absolute Gasteiger partial charge is 0.456 e. The van der Waals surface area contributed by atoms with Crippen LogP contribution in [0, 0.1) is 22.7 Å². The van der Waals surface area contributed by atoms with Crippen LogP contribution in [0.4, 0.5) is 22.0 Å². The van der Waals surface area contributed by atoms with Gasteiger partial charge in [-0.1, -0.05) is 68.8 Å². The zero-order chi connectivity index (χ0) is 34.4. The molecule has 2 aromatic carbocycles. The van der Waals surface area contributed by atoms with Crippen LogP contribution >= 0.6 is 11.8 Å². The summed E-state index contributed by atoms with van der Waals surface area (Å²) < 4.78 is 85.3. The normalized spacial score (nSPS) is 36.0. The van der Waals surface area contributed by atoms with Crippen molar-refractivity contribution in [3.8, 4) is 0 Å². The van der Waals surface area contributed by atoms with Gasteiger partial charge in [0.2, 0.25) is 0 Å². The van der Waals surface area contributed by atoms with Crippen molar-refractivity contribution in [3.05, 3.63) is 76.9 Å². The fourth-order valence-corrected chi connectivity index (χ4v) is 10.7. The minimum Gasteiger partial charge on any atom is -0.385 e. The molecule has 3 saturated carbocycles. The van der Waals surface area contributed by atoms with Crippen LogP contribution in [0.3, 0.4) is 0 Å². The van der Waals surface area contributed by atoms with Gasteiger partial charge < -0.3 is 19.7 Å². The average molecular weight is 693 g/mol. The molecule has 1 heterocycles. The Balaban J connectivity index is 1.27. The maximum Gasteiger partial charge on any atom is 0.456 e. The molecule has 4 nitrogen and oxygen atoms in total. The molecule has 2 unspecified atom stereocenters. The zero-order valence-corrected chi connectivity index (χ0v) is 28.5. The van der Waals surface area contributed by atoms with Crippen molar-refractivity contribution < 1.29 is 41.6 Å². The highest BCUT2D eigenvalue weighted by molar-refractivity contribution is 7.98. The van der Waals surface area contributed by atoms with Crippen LogP contribution in [0.5, 0.6) is 0 Å². The molecular formula is C38H45F5O4S. The molecule has 10 heteroatoms. The van der Waals surface area contributed by atoms with Gasteiger partial charge in [-0.05, 0) is 79.2 Å². The molecule has 48 heavy (non-hydrogen) atoms. The molecule has 0 amide bonds. The average Bonchev–Trinajstić information content (AvgIpc) is 3.32. The minimum atomic E-state index is -5.88. The lowest BCUT2D eigenvalue weighted by Crippen LogP contribution is -2.65. The summed E-state index contributed by atoms with van der Waals surface area (Å²) >= 11 is 1.66. The molecule has 6 atom stereocenters. The zero-order valence-electron chi connectivity index (χ0n) is 27.7. The first-order valence-electron chi connectivity index (χ1n) is 17.1. The van der Waals surface area contributed by atoms with Crippen molar-refractivity contribution in [3.63, 3.8) is 0 Å². The third-order valence-electron chi connectivity index (χ3n) is 12.4. The van der Waals surface area contributed by atoms with Crippen molar-refractivity contribution in [2.24, 2.45) is 22.7 Å². The molecule has 0 aromatic heterocycles. The Labute approximate surface area is 283 Å². The first-order chi connectivity index (χ1) is 22.4. The lowest BCUT2D eigenvalue weighted by molar-refractivity contribution is -0.362. The smallest absolute Gasteiger partial charge is 0.385 e. The molecule has 0 radical (unpaired) electrons. The Morgan fingerprint density at radius 2 is 1.52 bits per heavy atom. The molecule has 1 aliphatic heterocycles. The number of benzene rings is 2. The van der Waals surface area contributed by atoms with Crippen LogP contribution in [0.25, 0.3) is 0 Å². The number of rotatable bonds is 5. The third-order valence-corrected chi connectivity index (χ3v) is 13.5. The molecule has 4 fully saturated rings. The number of ether oxygens (including phenoxy) is 2. The van der Waals surface area contributed by atoms with Gasteiger partial charge in [-0.2, -0.15) is 22.0 Å². The Kier molecular flexibility index (Phi) is 8.27. The summed E-state index contributed by atoms with van der Waals surface area (Å²) in [4.78, 5) is 1.01. The second-order valence-electron chi connectivity index (χ2n) is 16.0. The summed E-state index contributed by atoms with van der Waals surface area (Å²) in [6, 6.07) is 17.9. The number of allylic oxidation sites excluding steroid dienone is 1. The van der Waals surface area contributed by atoms with Gasteiger partial charge >= 0.3 is 12.1 Å². The molecule has 4 aliphatic carbocycles. The maximum absolute atomic E-state index is 15.4. The van der Waals surface area contributed by atoms with Gasteiger partial charge in [0, 0.05) is 40.2 Å². The van der Waals surface area contributed by atoms with Crippen molar-refractivity contribution in [1.82, 2.24) is 0 Å². The van der Waals surface area contributed by atoms with E-state index in [1.165, 1.54) is 12.5 Å². The van der Waals surface area contributed by atoms with Gasteiger partial charge in [0.25, 0.3) is 0 Å². The fraction of sp³-hybridized carbons (Fsp3) is 0.632. The van der Waals surface area contributed by atoms with E-state index >= 15 is 8.78 Å². The van der Waals surface area contributed by atoms with Crippen LogP contribution in [-0.4, -0.2) is 52.5 Å². The monoisotopic (exact) mass is 692 g/mol. The molecule has 0 bridgehead atoms. The van der Waals surface area contributed by atoms with Gasteiger partial charge in [0.05, 0.1) is 18.8 Å². The summed E-state index contributed by atoms with van der Waals surface area (Å²) in [5.41, 5.74) is -2.56. The second-order valence-corrected chi connectivity index (χ2v) is 17.1. The SMILES string of the molecule is CC1(C)COC2(CCC3=C4C(CC[C@@]3(O)C2)C2CC[C@@](O)(C(F)(F)C(F)(F)F)[C@@]2(C)C[C@@H]4c2ccc(SCc3ccccc3)cc2)OC1. The first-order valence-corrected chi connectivity index (χ1v) is 18.1. The van der Waals surface area contributed by atoms with Crippen molar-refractivity contribution in [1.29, 1.82) is 0 Å². The highest BCUT2D eigenvalue weighted by atomic mass is 32.2. The van der Waals surface area contributed by atoms with E-state index in [0.29, 0.717) is 38.9 Å². The van der Waals surface area contributed by atoms with Crippen molar-refractivity contribution >= 4 is 11.8 Å². The predicted octanol–water partition coefficient (Wildman–Crippen LogP) is 9.20. The Morgan fingerprint density at radius 3 is 2.17 bits per heavy atom. The number of hydrogen-bond donors (Lipinski definition) is 2. The van der Waals surface area contributed by atoms with E-state index in [1.54, 1.807) is 11.8 Å². The summed E-state index contributed by atoms with van der Waals surface area (Å²) in [6.45, 7) is 6.58. The molecule has 2 N–H and O–H groups in total. The van der Waals surface area contributed by atoms with E-state index in [-0.39, 0.29) is 30.6 Å². The summed E-state index contributed by atoms with van der Waals surface area (Å²) in [6.07, 6.45) is -4.52. The van der Waals surface area contributed by atoms with Gasteiger partial charge in [0.15, 0.2) is 5.79 Å². The predicted molar refractivity (Wildman–Crippen MR) is 174 cm³/mol. The summed E-state index contributed by atoms with van der Waals surface area (Å²) in [5, 5.41) is 24.0. The minimum absolute atomic E-state index is 0.0611. The molecular weight excluding hydrogens is 647 g/mol. The Hall–Kier alpha value is -1.98. The molecule has 1 spiro atoms. The van der Waals surface area contributed by atoms with Gasteiger partial charge in [0.1, 0.15) is 5.60 Å². The van der Waals surface area contributed by atoms with E-state index in [1.807, 2.05) is 42.5 Å². The Bertz CT molecular complexity index is 1550. The number of fused-ring (bicyclic) bond motifs is 4. The number of hydrogen-bond acceptors (Lipinski definition) is 5. The number of aliphatic hydroxyl groups is 2. The van der Waals surface area contributed by atoms with Crippen LogP contribution in [0.1, 0.15) is 89.2 Å². The van der Waals surface area contributed by atoms with Gasteiger partial charge in [-0.3, -0.25) is 0 Å². The lowest BCUT2D eigenvalue weighted by atomic mass is 9.49. The van der Waals surface area contributed by atoms with Gasteiger partial charge in [-0.25, -0.2) is 0 Å². The Morgan fingerprint density at radius 1 is 0.854 bits per heavy atom. The van der Waals surface area contributed by atoms with E-state index in [2.05, 4.69) is 26.0 Å². The van der Waals surface area contributed by atoms with E-state index in [9.17, 15) is 23.4 Å². The van der Waals surface area contributed by atoms with Crippen LogP contribution < -0.4 is 0 Å². The number of alkyl halides is 5. The molecule has 7 rings (SSSR count). The summed E-state index contributed by atoms with van der Waals surface area (Å²) in [7, 11) is 0. The highest BCUT2D eigenvalue weighted by Crippen LogP contribution is 2.71. The summed E-state index contributed by atoms with van der Waals surface area (Å²) in [5.74, 6) is -6.89. The molecule has 1 saturated heterocycles. The molecule has 2 aromatic rings. The van der Waals surface area contributed by atoms with E-state index < -0.39 is 52.8 Å². The van der Waals surface area contributed by atoms with Crippen LogP contribution in [0.15, 0.2) is 70.6 Å². The van der Waals surface area contributed by atoms with E-state index in [4.69, 9.17) is 9.47 Å². The quantitative estimate of drug-likeness (QED) is 0.186. The molecule has 5 aliphatic rings. The van der Waals surface area contributed by atoms with Crippen LogP contribution in [-0.2, 0) is 15.2 Å². The van der Waals surface area contributed by atoms with Crippen molar-refractivity contribution in [2.75, 3.05) is 13.2 Å². The fourth-order valence-electron chi connectivity index (χ4n) is 9.84. The number of halogens is 5. The van der Waals surface area contributed by atoms with Crippen molar-refractivity contribution in [2.45, 2.75) is 118 Å². The third kappa shape index (κ3) is 5.38. The highest BCUT2D eigenvalue weighted by Gasteiger charge is 2.79. The lowest BCUT2D eigenvalue weighted by Gasteiger charge is -2.59. The van der Waals surface area contributed by atoms with E-state index in [0.717, 1.165) is 27.4 Å². The first kappa shape index (κ1) is 34.5. The van der Waals surface area contributed by atoms with Gasteiger partial charge in [-0.15, -0.1) is 11.8 Å². The number of thioether (sulfide) groups is 1. The standard InChI is InChI=1S/C38H45F5O4S/c1-32(2)22-46-35(47-23-32)17-14-30-31-27(13-16-34(30,44)21-35)29-15-18-36(45,37(39,40)38(41,42)43)33(29,3)19-28(31)25-9-11-26(12-10-25)48-20-24-7-5-4-6-8-24/h4-12,27-29,44-45H,13-23H2,1-3H3/t27?,28-,29?,33+,34-,36+/m1/s1. The molecule has 262 valence electrons. The second kappa shape index (κ2) is 11.5. The van der Waals surface area contributed by atoms with Crippen LogP contribution in [0.2, 0.25) is 0 Å².